The van der Waals surface area contributed by atoms with Crippen LogP contribution in [0.25, 0.3) is 0 Å². The maximum absolute atomic E-state index is 12.7. The van der Waals surface area contributed by atoms with Crippen LogP contribution in [0, 0.1) is 0 Å². The van der Waals surface area contributed by atoms with Gasteiger partial charge in [-0.15, -0.1) is 0 Å². The van der Waals surface area contributed by atoms with Gasteiger partial charge in [0.1, 0.15) is 0 Å². The smallest absolute Gasteiger partial charge is 0.257 e. The van der Waals surface area contributed by atoms with E-state index in [0.29, 0.717) is 32.5 Å². The second-order valence-electron chi connectivity index (χ2n) is 7.03. The number of carbonyl (C=O) groups is 2. The third-order valence-corrected chi connectivity index (χ3v) is 7.87. The van der Waals surface area contributed by atoms with Crippen LogP contribution in [0.15, 0.2) is 107 Å². The number of para-hydroxylation sites is 2. The van der Waals surface area contributed by atoms with Gasteiger partial charge in [0, 0.05) is 9.79 Å². The van der Waals surface area contributed by atoms with E-state index < -0.39 is 0 Å². The number of amides is 2. The Bertz CT molecular complexity index is 1240. The highest BCUT2D eigenvalue weighted by molar-refractivity contribution is 8.76. The van der Waals surface area contributed by atoms with Gasteiger partial charge in [-0.25, -0.2) is 0 Å². The molecule has 0 aromatic heterocycles. The van der Waals surface area contributed by atoms with Crippen molar-refractivity contribution in [2.75, 3.05) is 10.6 Å². The second-order valence-corrected chi connectivity index (χ2v) is 10.1. The molecule has 4 aromatic rings. The van der Waals surface area contributed by atoms with Crippen molar-refractivity contribution >= 4 is 68.0 Å². The van der Waals surface area contributed by atoms with Gasteiger partial charge in [0.05, 0.1) is 32.5 Å². The standard InChI is InChI=1S/C26H18Cl2N2O2S2/c27-19-11-3-1-9-17(19)25(31)29-21-13-5-7-15-23(21)33-34-24-16-8-6-14-22(24)30-26(32)18-10-2-4-12-20(18)28/h1-16H,(H,29,31)(H,30,32). The van der Waals surface area contributed by atoms with E-state index in [1.165, 1.54) is 21.6 Å². The van der Waals surface area contributed by atoms with E-state index in [0.717, 1.165) is 9.79 Å². The normalized spacial score (nSPS) is 10.5. The molecule has 34 heavy (non-hydrogen) atoms. The molecule has 0 radical (unpaired) electrons. The van der Waals surface area contributed by atoms with Crippen LogP contribution in [0.2, 0.25) is 10.0 Å². The van der Waals surface area contributed by atoms with Crippen molar-refractivity contribution in [2.24, 2.45) is 0 Å². The van der Waals surface area contributed by atoms with Crippen LogP contribution in [0.3, 0.4) is 0 Å². The summed E-state index contributed by atoms with van der Waals surface area (Å²) in [6.45, 7) is 0. The zero-order valence-electron chi connectivity index (χ0n) is 17.6. The lowest BCUT2D eigenvalue weighted by Crippen LogP contribution is -2.13. The molecule has 2 amide bonds. The molecule has 4 rings (SSSR count). The number of hydrogen-bond donors (Lipinski definition) is 2. The highest BCUT2D eigenvalue weighted by Gasteiger charge is 2.15. The molecule has 4 nitrogen and oxygen atoms in total. The SMILES string of the molecule is O=C(Nc1ccccc1SSc1ccccc1NC(=O)c1ccccc1Cl)c1ccccc1Cl. The molecule has 0 fully saturated rings. The molecule has 0 bridgehead atoms. The summed E-state index contributed by atoms with van der Waals surface area (Å²) in [4.78, 5) is 27.2. The molecule has 2 N–H and O–H groups in total. The number of rotatable bonds is 7. The molecule has 8 heteroatoms. The van der Waals surface area contributed by atoms with Crippen molar-refractivity contribution in [1.82, 2.24) is 0 Å². The first-order chi connectivity index (χ1) is 16.5. The van der Waals surface area contributed by atoms with Crippen molar-refractivity contribution < 1.29 is 9.59 Å². The molecule has 0 aliphatic carbocycles. The molecule has 4 aromatic carbocycles. The van der Waals surface area contributed by atoms with Crippen molar-refractivity contribution in [3.8, 4) is 0 Å². The van der Waals surface area contributed by atoms with E-state index in [1.54, 1.807) is 48.5 Å². The Balaban J connectivity index is 1.49. The predicted octanol–water partition coefficient (Wildman–Crippen LogP) is 8.30. The number of anilines is 2. The van der Waals surface area contributed by atoms with Gasteiger partial charge in [-0.05, 0) is 48.5 Å². The molecule has 0 unspecified atom stereocenters. The van der Waals surface area contributed by atoms with E-state index >= 15 is 0 Å². The summed E-state index contributed by atoms with van der Waals surface area (Å²) in [5.74, 6) is -0.563. The van der Waals surface area contributed by atoms with E-state index in [9.17, 15) is 9.59 Å². The van der Waals surface area contributed by atoms with Crippen molar-refractivity contribution in [2.45, 2.75) is 9.79 Å². The molecule has 0 aliphatic heterocycles. The predicted molar refractivity (Wildman–Crippen MR) is 143 cm³/mol. The minimum absolute atomic E-state index is 0.281. The highest BCUT2D eigenvalue weighted by Crippen LogP contribution is 2.43. The maximum atomic E-state index is 12.7. The summed E-state index contributed by atoms with van der Waals surface area (Å²) in [7, 11) is 2.95. The van der Waals surface area contributed by atoms with Gasteiger partial charge in [0.25, 0.3) is 11.8 Å². The van der Waals surface area contributed by atoms with Crippen LogP contribution in [0.1, 0.15) is 20.7 Å². The van der Waals surface area contributed by atoms with Crippen LogP contribution >= 0.6 is 44.8 Å². The summed E-state index contributed by atoms with van der Waals surface area (Å²) in [6, 6.07) is 28.9. The topological polar surface area (TPSA) is 58.2 Å². The van der Waals surface area contributed by atoms with E-state index in [2.05, 4.69) is 10.6 Å². The molecular weight excluding hydrogens is 507 g/mol. The number of halogens is 2. The van der Waals surface area contributed by atoms with Crippen LogP contribution in [0.4, 0.5) is 11.4 Å². The van der Waals surface area contributed by atoms with E-state index in [4.69, 9.17) is 23.2 Å². The molecule has 0 atom stereocenters. The van der Waals surface area contributed by atoms with Crippen molar-refractivity contribution in [1.29, 1.82) is 0 Å². The molecule has 0 saturated heterocycles. The number of benzene rings is 4. The zero-order chi connectivity index (χ0) is 23.9. The third-order valence-electron chi connectivity index (χ3n) is 4.73. The minimum atomic E-state index is -0.281. The molecule has 0 saturated carbocycles. The first-order valence-electron chi connectivity index (χ1n) is 10.2. The Kier molecular flexibility index (Phi) is 8.19. The second kappa shape index (κ2) is 11.5. The molecule has 0 heterocycles. The van der Waals surface area contributed by atoms with Crippen LogP contribution in [-0.2, 0) is 0 Å². The van der Waals surface area contributed by atoms with Gasteiger partial charge in [0.2, 0.25) is 0 Å². The summed E-state index contributed by atoms with van der Waals surface area (Å²) >= 11 is 12.3. The lowest BCUT2D eigenvalue weighted by molar-refractivity contribution is 0.101. The summed E-state index contributed by atoms with van der Waals surface area (Å²) in [6.07, 6.45) is 0. The Morgan fingerprint density at radius 3 is 1.29 bits per heavy atom. The summed E-state index contributed by atoms with van der Waals surface area (Å²) in [5.41, 5.74) is 2.15. The fraction of sp³-hybridized carbons (Fsp3) is 0. The Labute approximate surface area is 215 Å². The van der Waals surface area contributed by atoms with E-state index in [1.807, 2.05) is 48.5 Å². The van der Waals surface area contributed by atoms with E-state index in [-0.39, 0.29) is 11.8 Å². The Morgan fingerprint density at radius 1 is 0.529 bits per heavy atom. The summed E-state index contributed by atoms with van der Waals surface area (Å²) in [5, 5.41) is 6.66. The third kappa shape index (κ3) is 5.96. The van der Waals surface area contributed by atoms with Gasteiger partial charge in [0.15, 0.2) is 0 Å². The number of hydrogen-bond acceptors (Lipinski definition) is 4. The van der Waals surface area contributed by atoms with Crippen molar-refractivity contribution in [3.63, 3.8) is 0 Å². The lowest BCUT2D eigenvalue weighted by Gasteiger charge is -2.13. The van der Waals surface area contributed by atoms with Gasteiger partial charge < -0.3 is 10.6 Å². The van der Waals surface area contributed by atoms with Crippen LogP contribution in [-0.4, -0.2) is 11.8 Å². The maximum Gasteiger partial charge on any atom is 0.257 e. The first-order valence-corrected chi connectivity index (χ1v) is 13.1. The molecule has 170 valence electrons. The molecule has 0 aliphatic rings. The number of carbonyl (C=O) groups excluding carboxylic acids is 2. The minimum Gasteiger partial charge on any atom is -0.321 e. The van der Waals surface area contributed by atoms with Crippen molar-refractivity contribution in [3.05, 3.63) is 118 Å². The van der Waals surface area contributed by atoms with Crippen LogP contribution in [0.5, 0.6) is 0 Å². The fourth-order valence-corrected chi connectivity index (χ4v) is 5.76. The van der Waals surface area contributed by atoms with Crippen LogP contribution < -0.4 is 10.6 Å². The molecule has 0 spiro atoms. The largest absolute Gasteiger partial charge is 0.321 e. The zero-order valence-corrected chi connectivity index (χ0v) is 20.8. The average Bonchev–Trinajstić information content (AvgIpc) is 2.84. The lowest BCUT2D eigenvalue weighted by atomic mass is 10.2. The average molecular weight is 525 g/mol. The van der Waals surface area contributed by atoms with Gasteiger partial charge >= 0.3 is 0 Å². The monoisotopic (exact) mass is 524 g/mol. The molecular formula is C26H18Cl2N2O2S2. The van der Waals surface area contributed by atoms with Gasteiger partial charge in [-0.1, -0.05) is 93.3 Å². The first kappa shape index (κ1) is 24.2. The number of nitrogens with one attached hydrogen (secondary N) is 2. The van der Waals surface area contributed by atoms with Gasteiger partial charge in [-0.3, -0.25) is 9.59 Å². The Morgan fingerprint density at radius 2 is 0.882 bits per heavy atom. The Hall–Kier alpha value is -2.90. The summed E-state index contributed by atoms with van der Waals surface area (Å²) < 4.78 is 0. The fourth-order valence-electron chi connectivity index (χ4n) is 3.04. The van der Waals surface area contributed by atoms with Gasteiger partial charge in [-0.2, -0.15) is 0 Å². The quantitative estimate of drug-likeness (QED) is 0.238. The highest BCUT2D eigenvalue weighted by atomic mass is 35.5.